The minimum absolute atomic E-state index is 0.199. The van der Waals surface area contributed by atoms with E-state index in [1.807, 2.05) is 12.2 Å². The van der Waals surface area contributed by atoms with Crippen molar-refractivity contribution in [2.45, 2.75) is 19.4 Å². The molecular weight excluding hydrogens is 422 g/mol. The van der Waals surface area contributed by atoms with Gasteiger partial charge in [0.25, 0.3) is 23.4 Å². The molecule has 2 aromatic rings. The molecule has 1 aliphatic carbocycles. The Labute approximate surface area is 182 Å². The van der Waals surface area contributed by atoms with Gasteiger partial charge in [0.2, 0.25) is 0 Å². The first kappa shape index (κ1) is 20.7. The van der Waals surface area contributed by atoms with Gasteiger partial charge in [0, 0.05) is 16.7 Å². The number of hydrogen-bond acceptors (Lipinski definition) is 5. The fourth-order valence-electron chi connectivity index (χ4n) is 3.98. The highest BCUT2D eigenvalue weighted by atomic mass is 35.5. The molecule has 1 aliphatic heterocycles. The number of halogens is 1. The van der Waals surface area contributed by atoms with E-state index >= 15 is 0 Å². The summed E-state index contributed by atoms with van der Waals surface area (Å²) in [6.45, 7) is -0.303. The number of imide groups is 1. The summed E-state index contributed by atoms with van der Waals surface area (Å²) >= 11 is 5.91. The Morgan fingerprint density at radius 3 is 2.19 bits per heavy atom. The minimum atomic E-state index is -0.622. The summed E-state index contributed by atoms with van der Waals surface area (Å²) in [7, 11) is 0. The van der Waals surface area contributed by atoms with Crippen LogP contribution in [0.1, 0.15) is 28.8 Å². The maximum absolute atomic E-state index is 13.4. The first-order chi connectivity index (χ1) is 14.9. The van der Waals surface area contributed by atoms with Crippen molar-refractivity contribution >= 4 is 35.0 Å². The number of fused-ring (bicyclic) bond motifs is 1. The van der Waals surface area contributed by atoms with Crippen LogP contribution in [0.4, 0.5) is 5.69 Å². The quantitative estimate of drug-likeness (QED) is 0.305. The van der Waals surface area contributed by atoms with Crippen molar-refractivity contribution < 1.29 is 19.3 Å². The van der Waals surface area contributed by atoms with E-state index in [0.29, 0.717) is 17.9 Å². The van der Waals surface area contributed by atoms with Crippen LogP contribution in [0, 0.1) is 22.0 Å². The van der Waals surface area contributed by atoms with Gasteiger partial charge in [-0.1, -0.05) is 42.0 Å². The number of benzene rings is 2. The number of carbonyl (C=O) groups is 3. The number of allylic oxidation sites excluding steroid dienone is 2. The third kappa shape index (κ3) is 3.82. The van der Waals surface area contributed by atoms with Crippen LogP contribution >= 0.6 is 11.6 Å². The number of nitrogens with zero attached hydrogens (tertiary/aromatic N) is 3. The van der Waals surface area contributed by atoms with Crippen molar-refractivity contribution in [3.05, 3.63) is 86.9 Å². The van der Waals surface area contributed by atoms with Gasteiger partial charge in [-0.05, 0) is 37.1 Å². The summed E-state index contributed by atoms with van der Waals surface area (Å²) in [6, 6.07) is 11.9. The van der Waals surface area contributed by atoms with Crippen LogP contribution in [0.15, 0.2) is 60.7 Å². The first-order valence-electron chi connectivity index (χ1n) is 9.71. The Hall–Kier alpha value is -3.52. The summed E-state index contributed by atoms with van der Waals surface area (Å²) in [5.74, 6) is -2.64. The van der Waals surface area contributed by atoms with E-state index in [0.717, 1.165) is 10.0 Å². The summed E-state index contributed by atoms with van der Waals surface area (Å²) in [5, 5.41) is 13.8. The van der Waals surface area contributed by atoms with Gasteiger partial charge in [0.15, 0.2) is 0 Å². The number of rotatable bonds is 5. The molecule has 1 fully saturated rings. The van der Waals surface area contributed by atoms with Crippen LogP contribution < -0.4 is 0 Å². The second kappa shape index (κ2) is 8.31. The lowest BCUT2D eigenvalue weighted by Gasteiger charge is -2.30. The molecule has 0 radical (unpaired) electrons. The van der Waals surface area contributed by atoms with Gasteiger partial charge in [0.05, 0.1) is 28.9 Å². The van der Waals surface area contributed by atoms with Gasteiger partial charge >= 0.3 is 0 Å². The smallest absolute Gasteiger partial charge is 0.272 e. The van der Waals surface area contributed by atoms with Gasteiger partial charge < -0.3 is 0 Å². The Morgan fingerprint density at radius 1 is 1.03 bits per heavy atom. The Morgan fingerprint density at radius 2 is 1.61 bits per heavy atom. The molecule has 9 heteroatoms. The van der Waals surface area contributed by atoms with Crippen molar-refractivity contribution in [3.63, 3.8) is 0 Å². The van der Waals surface area contributed by atoms with E-state index < -0.39 is 34.5 Å². The Kier molecular flexibility index (Phi) is 5.56. The monoisotopic (exact) mass is 439 g/mol. The predicted octanol–water partition coefficient (Wildman–Crippen LogP) is 3.76. The molecule has 0 unspecified atom stereocenters. The van der Waals surface area contributed by atoms with Crippen LogP contribution in [0.3, 0.4) is 0 Å². The van der Waals surface area contributed by atoms with Gasteiger partial charge in [-0.3, -0.25) is 24.5 Å². The van der Waals surface area contributed by atoms with Gasteiger partial charge in [0.1, 0.15) is 0 Å². The lowest BCUT2D eigenvalue weighted by molar-refractivity contribution is -0.385. The molecule has 3 amide bonds. The lowest BCUT2D eigenvalue weighted by Crippen LogP contribution is -2.49. The van der Waals surface area contributed by atoms with Crippen molar-refractivity contribution in [3.8, 4) is 0 Å². The number of para-hydroxylation sites is 1. The summed E-state index contributed by atoms with van der Waals surface area (Å²) in [5.41, 5.74) is 0.217. The van der Waals surface area contributed by atoms with Crippen LogP contribution in [0.25, 0.3) is 0 Å². The molecule has 4 rings (SSSR count). The van der Waals surface area contributed by atoms with Crippen LogP contribution in [-0.4, -0.2) is 32.7 Å². The van der Waals surface area contributed by atoms with E-state index in [1.54, 1.807) is 6.07 Å². The van der Waals surface area contributed by atoms with Crippen LogP contribution in [0.5, 0.6) is 0 Å². The highest BCUT2D eigenvalue weighted by Gasteiger charge is 2.51. The van der Waals surface area contributed by atoms with Crippen molar-refractivity contribution in [2.75, 3.05) is 0 Å². The topological polar surface area (TPSA) is 101 Å². The minimum Gasteiger partial charge on any atom is -0.272 e. The first-order valence-corrected chi connectivity index (χ1v) is 10.1. The highest BCUT2D eigenvalue weighted by molar-refractivity contribution is 6.30. The SMILES string of the molecule is O=C(c1ccc(Cl)cc1)N(Cc1ccccc1[N+](=O)[O-])N1C(=O)[C@H]2CC=CC[C@@H]2C1=O. The number of nitro groups is 1. The Balaban J connectivity index is 1.75. The fraction of sp³-hybridized carbons (Fsp3) is 0.227. The second-order valence-corrected chi connectivity index (χ2v) is 7.84. The largest absolute Gasteiger partial charge is 0.274 e. The number of nitro benzene ring substituents is 1. The van der Waals surface area contributed by atoms with E-state index in [-0.39, 0.29) is 23.4 Å². The number of hydrogen-bond donors (Lipinski definition) is 0. The molecule has 2 atom stereocenters. The van der Waals surface area contributed by atoms with E-state index in [4.69, 9.17) is 11.6 Å². The Bertz CT molecular complexity index is 1070. The molecule has 0 bridgehead atoms. The maximum atomic E-state index is 13.4. The molecule has 2 aliphatic rings. The number of carbonyl (C=O) groups excluding carboxylic acids is 3. The molecule has 8 nitrogen and oxygen atoms in total. The molecule has 0 saturated carbocycles. The maximum Gasteiger partial charge on any atom is 0.274 e. The van der Waals surface area contributed by atoms with Crippen molar-refractivity contribution in [1.82, 2.24) is 10.0 Å². The highest BCUT2D eigenvalue weighted by Crippen LogP contribution is 2.37. The van der Waals surface area contributed by atoms with E-state index in [2.05, 4.69) is 0 Å². The molecule has 2 aromatic carbocycles. The zero-order valence-electron chi connectivity index (χ0n) is 16.3. The van der Waals surface area contributed by atoms with E-state index in [9.17, 15) is 24.5 Å². The molecule has 0 spiro atoms. The average molecular weight is 440 g/mol. The third-order valence-corrected chi connectivity index (χ3v) is 5.81. The number of hydrazine groups is 1. The van der Waals surface area contributed by atoms with Crippen LogP contribution in [0.2, 0.25) is 5.02 Å². The van der Waals surface area contributed by atoms with Crippen molar-refractivity contribution in [1.29, 1.82) is 0 Å². The molecule has 1 saturated heterocycles. The van der Waals surface area contributed by atoms with E-state index in [1.165, 1.54) is 42.5 Å². The zero-order valence-corrected chi connectivity index (χ0v) is 17.1. The normalized spacial score (nSPS) is 20.0. The summed E-state index contributed by atoms with van der Waals surface area (Å²) in [4.78, 5) is 50.5. The molecule has 1 heterocycles. The fourth-order valence-corrected chi connectivity index (χ4v) is 4.11. The molecule has 158 valence electrons. The second-order valence-electron chi connectivity index (χ2n) is 7.40. The predicted molar refractivity (Wildman–Crippen MR) is 112 cm³/mol. The molecule has 0 N–H and O–H groups in total. The number of amides is 3. The van der Waals surface area contributed by atoms with Crippen LogP contribution in [-0.2, 0) is 16.1 Å². The molecular formula is C22H18ClN3O5. The summed E-state index contributed by atoms with van der Waals surface area (Å²) in [6.07, 6.45) is 4.53. The van der Waals surface area contributed by atoms with Gasteiger partial charge in [-0.15, -0.1) is 0 Å². The standard InChI is InChI=1S/C22H18ClN3O5/c23-16-11-9-14(10-12-16)20(27)24(13-15-5-1-4-8-19(15)26(30)31)25-21(28)17-6-2-3-7-18(17)22(25)29/h1-5,8-12,17-18H,6-7,13H2/t17-,18-/m0/s1. The molecule has 31 heavy (non-hydrogen) atoms. The average Bonchev–Trinajstić information content (AvgIpc) is 3.03. The molecule has 0 aromatic heterocycles. The third-order valence-electron chi connectivity index (χ3n) is 5.56. The van der Waals surface area contributed by atoms with Gasteiger partial charge in [-0.25, -0.2) is 5.01 Å². The lowest BCUT2D eigenvalue weighted by atomic mass is 9.85. The van der Waals surface area contributed by atoms with Crippen molar-refractivity contribution in [2.24, 2.45) is 11.8 Å². The van der Waals surface area contributed by atoms with Gasteiger partial charge in [-0.2, -0.15) is 5.01 Å². The summed E-state index contributed by atoms with van der Waals surface area (Å²) < 4.78 is 0. The zero-order chi connectivity index (χ0) is 22.1.